The summed E-state index contributed by atoms with van der Waals surface area (Å²) in [6.07, 6.45) is 1.22. The van der Waals surface area contributed by atoms with Crippen LogP contribution in [0, 0.1) is 24.4 Å². The molecule has 0 saturated carbocycles. The summed E-state index contributed by atoms with van der Waals surface area (Å²) >= 11 is 5.17. The number of hydrogen-bond donors (Lipinski definition) is 1. The van der Waals surface area contributed by atoms with E-state index in [9.17, 15) is 18.0 Å². The molecule has 2 aromatic rings. The second kappa shape index (κ2) is 6.09. The van der Waals surface area contributed by atoms with E-state index in [1.54, 1.807) is 12.1 Å². The number of nitrogens with one attached hydrogen (secondary N) is 1. The van der Waals surface area contributed by atoms with E-state index in [0.29, 0.717) is 5.69 Å². The minimum atomic E-state index is -1.56. The Morgan fingerprint density at radius 2 is 1.75 bits per heavy atom. The number of benzene rings is 2. The lowest BCUT2D eigenvalue weighted by atomic mass is 10.1. The molecule has 2 aromatic carbocycles. The van der Waals surface area contributed by atoms with Crippen LogP contribution in [0.15, 0.2) is 42.1 Å². The van der Waals surface area contributed by atoms with Gasteiger partial charge in [-0.2, -0.15) is 0 Å². The average molecular weight is 348 g/mol. The zero-order valence-corrected chi connectivity index (χ0v) is 13.3. The van der Waals surface area contributed by atoms with Gasteiger partial charge in [-0.25, -0.2) is 13.2 Å². The van der Waals surface area contributed by atoms with Crippen LogP contribution in [0.1, 0.15) is 11.1 Å². The van der Waals surface area contributed by atoms with Crippen molar-refractivity contribution in [3.8, 4) is 0 Å². The number of thiocarbonyl (C=S) groups is 1. The van der Waals surface area contributed by atoms with E-state index in [4.69, 9.17) is 12.2 Å². The maximum absolute atomic E-state index is 13.3. The van der Waals surface area contributed by atoms with Gasteiger partial charge in [-0.05, 0) is 54.5 Å². The number of anilines is 1. The molecule has 1 N–H and O–H groups in total. The first kappa shape index (κ1) is 16.2. The highest BCUT2D eigenvalue weighted by atomic mass is 32.1. The van der Waals surface area contributed by atoms with Gasteiger partial charge in [0, 0.05) is 0 Å². The minimum Gasteiger partial charge on any atom is -0.327 e. The Morgan fingerprint density at radius 3 is 2.38 bits per heavy atom. The molecule has 24 heavy (non-hydrogen) atoms. The Morgan fingerprint density at radius 1 is 1.12 bits per heavy atom. The molecule has 0 bridgehead atoms. The van der Waals surface area contributed by atoms with E-state index in [0.717, 1.165) is 17.7 Å². The van der Waals surface area contributed by atoms with E-state index in [2.05, 4.69) is 5.32 Å². The van der Waals surface area contributed by atoms with E-state index in [1.165, 1.54) is 11.0 Å². The molecular weight excluding hydrogens is 337 g/mol. The van der Waals surface area contributed by atoms with Gasteiger partial charge in [-0.3, -0.25) is 9.69 Å². The fraction of sp³-hybridized carbons (Fsp3) is 0.0588. The molecule has 1 aliphatic rings. The Balaban J connectivity index is 1.99. The molecule has 1 heterocycles. The maximum Gasteiger partial charge on any atom is 0.281 e. The second-order valence-corrected chi connectivity index (χ2v) is 5.60. The highest BCUT2D eigenvalue weighted by molar-refractivity contribution is 7.80. The number of para-hydroxylation sites is 1. The van der Waals surface area contributed by atoms with Gasteiger partial charge in [0.2, 0.25) is 0 Å². The number of amides is 1. The maximum atomic E-state index is 13.3. The molecule has 1 fully saturated rings. The van der Waals surface area contributed by atoms with Gasteiger partial charge >= 0.3 is 0 Å². The molecule has 0 unspecified atom stereocenters. The van der Waals surface area contributed by atoms with Crippen LogP contribution in [-0.4, -0.2) is 11.0 Å². The topological polar surface area (TPSA) is 32.3 Å². The van der Waals surface area contributed by atoms with Crippen molar-refractivity contribution in [3.63, 3.8) is 0 Å². The number of aryl methyl sites for hydroxylation is 1. The number of hydrogen-bond acceptors (Lipinski definition) is 2. The first-order chi connectivity index (χ1) is 11.4. The van der Waals surface area contributed by atoms with Crippen molar-refractivity contribution < 1.29 is 18.0 Å². The Hall–Kier alpha value is -2.67. The predicted molar refractivity (Wildman–Crippen MR) is 88.7 cm³/mol. The number of carbonyl (C=O) groups excluding carboxylic acids is 1. The SMILES string of the molecule is Cc1ccccc1N1C(=O)/C(=C/c2cc(F)c(F)c(F)c2)NC1=S. The molecule has 0 radical (unpaired) electrons. The van der Waals surface area contributed by atoms with Crippen molar-refractivity contribution >= 4 is 35.0 Å². The van der Waals surface area contributed by atoms with Crippen molar-refractivity contribution in [3.05, 3.63) is 70.7 Å². The Bertz CT molecular complexity index is 872. The molecule has 3 rings (SSSR count). The zero-order valence-electron chi connectivity index (χ0n) is 12.4. The van der Waals surface area contributed by atoms with Crippen molar-refractivity contribution in [1.29, 1.82) is 0 Å². The first-order valence-electron chi connectivity index (χ1n) is 6.96. The fourth-order valence-corrected chi connectivity index (χ4v) is 2.68. The molecule has 0 aliphatic carbocycles. The van der Waals surface area contributed by atoms with Gasteiger partial charge in [0.1, 0.15) is 5.70 Å². The summed E-state index contributed by atoms with van der Waals surface area (Å²) in [4.78, 5) is 13.9. The summed E-state index contributed by atoms with van der Waals surface area (Å²) in [7, 11) is 0. The van der Waals surface area contributed by atoms with Crippen molar-refractivity contribution in [1.82, 2.24) is 5.32 Å². The molecule has 3 nitrogen and oxygen atoms in total. The lowest BCUT2D eigenvalue weighted by molar-refractivity contribution is -0.113. The van der Waals surface area contributed by atoms with Gasteiger partial charge in [-0.15, -0.1) is 0 Å². The Kier molecular flexibility index (Phi) is 4.11. The van der Waals surface area contributed by atoms with Crippen LogP contribution in [-0.2, 0) is 4.79 Å². The smallest absolute Gasteiger partial charge is 0.281 e. The van der Waals surface area contributed by atoms with E-state index < -0.39 is 23.4 Å². The molecule has 0 spiro atoms. The highest BCUT2D eigenvalue weighted by Crippen LogP contribution is 2.26. The summed E-state index contributed by atoms with van der Waals surface area (Å²) < 4.78 is 39.6. The quantitative estimate of drug-likeness (QED) is 0.511. The van der Waals surface area contributed by atoms with Crippen LogP contribution in [0.3, 0.4) is 0 Å². The standard InChI is InChI=1S/C17H11F3N2OS/c1-9-4-2-3-5-14(9)22-16(23)13(21-17(22)24)8-10-6-11(18)15(20)12(19)7-10/h2-8H,1H3,(H,21,24)/b13-8-. The van der Waals surface area contributed by atoms with Crippen LogP contribution in [0.2, 0.25) is 0 Å². The lowest BCUT2D eigenvalue weighted by Crippen LogP contribution is -2.30. The van der Waals surface area contributed by atoms with Crippen LogP contribution in [0.5, 0.6) is 0 Å². The monoisotopic (exact) mass is 348 g/mol. The van der Waals surface area contributed by atoms with Crippen LogP contribution in [0.25, 0.3) is 6.08 Å². The van der Waals surface area contributed by atoms with Gasteiger partial charge in [0.05, 0.1) is 5.69 Å². The first-order valence-corrected chi connectivity index (χ1v) is 7.36. The molecule has 1 aliphatic heterocycles. The highest BCUT2D eigenvalue weighted by Gasteiger charge is 2.32. The molecule has 1 saturated heterocycles. The number of rotatable bonds is 2. The zero-order chi connectivity index (χ0) is 17.4. The van der Waals surface area contributed by atoms with Crippen molar-refractivity contribution in [2.75, 3.05) is 4.90 Å². The van der Waals surface area contributed by atoms with Gasteiger partial charge < -0.3 is 5.32 Å². The molecule has 0 atom stereocenters. The third-order valence-corrected chi connectivity index (χ3v) is 3.84. The summed E-state index contributed by atoms with van der Waals surface area (Å²) in [6.45, 7) is 1.83. The number of nitrogens with zero attached hydrogens (tertiary/aromatic N) is 1. The summed E-state index contributed by atoms with van der Waals surface area (Å²) in [5.74, 6) is -4.67. The van der Waals surface area contributed by atoms with Gasteiger partial charge in [0.15, 0.2) is 22.6 Å². The second-order valence-electron chi connectivity index (χ2n) is 5.21. The van der Waals surface area contributed by atoms with Crippen LogP contribution < -0.4 is 10.2 Å². The Labute approximate surface area is 141 Å². The number of halogens is 3. The molecule has 122 valence electrons. The predicted octanol–water partition coefficient (Wildman–Crippen LogP) is 3.67. The third-order valence-electron chi connectivity index (χ3n) is 3.55. The van der Waals surface area contributed by atoms with Crippen molar-refractivity contribution in [2.24, 2.45) is 0 Å². The average Bonchev–Trinajstić information content (AvgIpc) is 2.80. The van der Waals surface area contributed by atoms with Crippen LogP contribution in [0.4, 0.5) is 18.9 Å². The lowest BCUT2D eigenvalue weighted by Gasteiger charge is -2.16. The number of carbonyl (C=O) groups is 1. The summed E-state index contributed by atoms with van der Waals surface area (Å²) in [6, 6.07) is 8.78. The van der Waals surface area contributed by atoms with E-state index in [-0.39, 0.29) is 16.4 Å². The molecule has 7 heteroatoms. The van der Waals surface area contributed by atoms with Crippen molar-refractivity contribution in [2.45, 2.75) is 6.92 Å². The molecule has 1 amide bonds. The largest absolute Gasteiger partial charge is 0.327 e. The van der Waals surface area contributed by atoms with Gasteiger partial charge in [-0.1, -0.05) is 18.2 Å². The van der Waals surface area contributed by atoms with Crippen LogP contribution >= 0.6 is 12.2 Å². The fourth-order valence-electron chi connectivity index (χ4n) is 2.39. The third kappa shape index (κ3) is 2.78. The molecule has 0 aromatic heterocycles. The normalized spacial score (nSPS) is 16.0. The summed E-state index contributed by atoms with van der Waals surface area (Å²) in [5.41, 5.74) is 1.51. The molecular formula is C17H11F3N2OS. The van der Waals surface area contributed by atoms with Gasteiger partial charge in [0.25, 0.3) is 5.91 Å². The van der Waals surface area contributed by atoms with E-state index >= 15 is 0 Å². The van der Waals surface area contributed by atoms with E-state index in [1.807, 2.05) is 19.1 Å². The minimum absolute atomic E-state index is 0.0108. The summed E-state index contributed by atoms with van der Waals surface area (Å²) in [5, 5.41) is 2.87.